The van der Waals surface area contributed by atoms with E-state index in [0.29, 0.717) is 5.02 Å². The van der Waals surface area contributed by atoms with E-state index in [1.807, 2.05) is 6.07 Å². The number of hydrogen-bond acceptors (Lipinski definition) is 3. The average molecular weight is 251 g/mol. The van der Waals surface area contributed by atoms with Gasteiger partial charge in [-0.2, -0.15) is 0 Å². The second-order valence-corrected chi connectivity index (χ2v) is 4.22. The van der Waals surface area contributed by atoms with Gasteiger partial charge in [-0.3, -0.25) is 9.78 Å². The molecule has 1 heterocycles. The number of carboxylic acids is 1. The molecule has 3 N–H and O–H groups in total. The van der Waals surface area contributed by atoms with Crippen LogP contribution in [0, 0.1) is 0 Å². The molecule has 0 radical (unpaired) electrons. The van der Waals surface area contributed by atoms with Gasteiger partial charge < -0.3 is 10.8 Å². The minimum atomic E-state index is -1.01. The molecule has 17 heavy (non-hydrogen) atoms. The maximum absolute atomic E-state index is 10.7. The highest BCUT2D eigenvalue weighted by molar-refractivity contribution is 6.31. The quantitative estimate of drug-likeness (QED) is 0.872. The highest BCUT2D eigenvalue weighted by atomic mass is 35.5. The Kier molecular flexibility index (Phi) is 3.26. The van der Waals surface area contributed by atoms with Crippen molar-refractivity contribution in [2.75, 3.05) is 0 Å². The average Bonchev–Trinajstić information content (AvgIpc) is 2.28. The number of fused-ring (bicyclic) bond motifs is 1. The molecule has 0 spiro atoms. The van der Waals surface area contributed by atoms with Crippen LogP contribution in [0.2, 0.25) is 5.02 Å². The largest absolute Gasteiger partial charge is 0.480 e. The Hall–Kier alpha value is -1.65. The van der Waals surface area contributed by atoms with Crippen LogP contribution in [0.15, 0.2) is 30.5 Å². The summed E-state index contributed by atoms with van der Waals surface area (Å²) < 4.78 is 0. The molecule has 5 heteroatoms. The van der Waals surface area contributed by atoms with Gasteiger partial charge in [-0.05, 0) is 30.2 Å². The van der Waals surface area contributed by atoms with E-state index in [0.717, 1.165) is 16.5 Å². The number of hydrogen-bond donors (Lipinski definition) is 2. The number of carbonyl (C=O) groups is 1. The number of rotatable bonds is 3. The molecule has 0 saturated carbocycles. The molecule has 0 aliphatic rings. The molecule has 1 aromatic heterocycles. The van der Waals surface area contributed by atoms with Crippen LogP contribution in [0.1, 0.15) is 5.56 Å². The SMILES string of the molecule is NC(Cc1ccnc2cc(Cl)ccc12)C(=O)O. The van der Waals surface area contributed by atoms with Crippen LogP contribution in [-0.2, 0) is 11.2 Å². The van der Waals surface area contributed by atoms with Crippen molar-refractivity contribution in [3.8, 4) is 0 Å². The van der Waals surface area contributed by atoms with Crippen molar-refractivity contribution in [3.63, 3.8) is 0 Å². The normalized spacial score (nSPS) is 12.6. The molecule has 1 unspecified atom stereocenters. The van der Waals surface area contributed by atoms with Gasteiger partial charge in [0.1, 0.15) is 6.04 Å². The summed E-state index contributed by atoms with van der Waals surface area (Å²) in [4.78, 5) is 14.9. The maximum atomic E-state index is 10.7. The van der Waals surface area contributed by atoms with Gasteiger partial charge in [-0.1, -0.05) is 17.7 Å². The fraction of sp³-hybridized carbons (Fsp3) is 0.167. The number of nitrogens with zero attached hydrogens (tertiary/aromatic N) is 1. The third kappa shape index (κ3) is 2.54. The van der Waals surface area contributed by atoms with Crippen molar-refractivity contribution < 1.29 is 9.90 Å². The molecular weight excluding hydrogens is 240 g/mol. The number of carboxylic acid groups (broad SMARTS) is 1. The van der Waals surface area contributed by atoms with E-state index in [1.165, 1.54) is 0 Å². The van der Waals surface area contributed by atoms with Gasteiger partial charge in [0.2, 0.25) is 0 Å². The number of pyridine rings is 1. The summed E-state index contributed by atoms with van der Waals surface area (Å²) in [6.07, 6.45) is 1.90. The van der Waals surface area contributed by atoms with E-state index in [-0.39, 0.29) is 6.42 Å². The van der Waals surface area contributed by atoms with Crippen molar-refractivity contribution in [2.45, 2.75) is 12.5 Å². The number of nitrogens with two attached hydrogens (primary N) is 1. The highest BCUT2D eigenvalue weighted by Crippen LogP contribution is 2.21. The zero-order chi connectivity index (χ0) is 12.4. The van der Waals surface area contributed by atoms with Gasteiger partial charge in [0.25, 0.3) is 0 Å². The Morgan fingerprint density at radius 1 is 1.47 bits per heavy atom. The highest BCUT2D eigenvalue weighted by Gasteiger charge is 2.13. The summed E-state index contributed by atoms with van der Waals surface area (Å²) in [5.41, 5.74) is 7.13. The van der Waals surface area contributed by atoms with Crippen molar-refractivity contribution in [2.24, 2.45) is 5.73 Å². The monoisotopic (exact) mass is 250 g/mol. The van der Waals surface area contributed by atoms with Gasteiger partial charge >= 0.3 is 5.97 Å². The lowest BCUT2D eigenvalue weighted by Crippen LogP contribution is -2.32. The molecule has 2 rings (SSSR count). The molecule has 88 valence electrons. The predicted octanol–water partition coefficient (Wildman–Crippen LogP) is 1.84. The molecule has 0 fully saturated rings. The lowest BCUT2D eigenvalue weighted by molar-refractivity contribution is -0.138. The van der Waals surface area contributed by atoms with Gasteiger partial charge in [0, 0.05) is 16.6 Å². The molecule has 1 aromatic carbocycles. The number of aliphatic carboxylic acids is 1. The first-order valence-electron chi connectivity index (χ1n) is 5.09. The number of benzene rings is 1. The Labute approximate surface area is 103 Å². The van der Waals surface area contributed by atoms with E-state index in [4.69, 9.17) is 22.4 Å². The smallest absolute Gasteiger partial charge is 0.320 e. The standard InChI is InChI=1S/C12H11ClN2O2/c13-8-1-2-9-7(5-10(14)12(16)17)3-4-15-11(9)6-8/h1-4,6,10H,5,14H2,(H,16,17). The Morgan fingerprint density at radius 2 is 2.24 bits per heavy atom. The van der Waals surface area contributed by atoms with Crippen LogP contribution in [0.4, 0.5) is 0 Å². The zero-order valence-corrected chi connectivity index (χ0v) is 9.69. The summed E-state index contributed by atoms with van der Waals surface area (Å²) in [5, 5.41) is 10.3. The van der Waals surface area contributed by atoms with Crippen LogP contribution in [0.5, 0.6) is 0 Å². The van der Waals surface area contributed by atoms with Gasteiger partial charge in [-0.15, -0.1) is 0 Å². The van der Waals surface area contributed by atoms with E-state index in [9.17, 15) is 4.79 Å². The molecule has 4 nitrogen and oxygen atoms in total. The van der Waals surface area contributed by atoms with Crippen molar-refractivity contribution in [3.05, 3.63) is 41.0 Å². The maximum Gasteiger partial charge on any atom is 0.320 e. The van der Waals surface area contributed by atoms with Crippen LogP contribution >= 0.6 is 11.6 Å². The van der Waals surface area contributed by atoms with Crippen LogP contribution in [0.25, 0.3) is 10.9 Å². The summed E-state index contributed by atoms with van der Waals surface area (Å²) in [6.45, 7) is 0. The molecular formula is C12H11ClN2O2. The number of halogens is 1. The van der Waals surface area contributed by atoms with Crippen molar-refractivity contribution in [1.29, 1.82) is 0 Å². The lowest BCUT2D eigenvalue weighted by Gasteiger charge is -2.09. The van der Waals surface area contributed by atoms with Crippen LogP contribution in [-0.4, -0.2) is 22.1 Å². The predicted molar refractivity (Wildman–Crippen MR) is 66.1 cm³/mol. The van der Waals surface area contributed by atoms with Crippen molar-refractivity contribution in [1.82, 2.24) is 4.98 Å². The third-order valence-corrected chi connectivity index (χ3v) is 2.79. The summed E-state index contributed by atoms with van der Waals surface area (Å²) >= 11 is 5.87. The zero-order valence-electron chi connectivity index (χ0n) is 8.93. The first kappa shape index (κ1) is 11.8. The van der Waals surface area contributed by atoms with Crippen molar-refractivity contribution >= 4 is 28.5 Å². The molecule has 0 amide bonds. The minimum Gasteiger partial charge on any atom is -0.480 e. The van der Waals surface area contributed by atoms with E-state index < -0.39 is 12.0 Å². The molecule has 0 aliphatic heterocycles. The molecule has 0 bridgehead atoms. The Balaban J connectivity index is 2.44. The topological polar surface area (TPSA) is 76.2 Å². The molecule has 0 aliphatic carbocycles. The van der Waals surface area contributed by atoms with E-state index in [2.05, 4.69) is 4.98 Å². The van der Waals surface area contributed by atoms with E-state index >= 15 is 0 Å². The molecule has 2 aromatic rings. The van der Waals surface area contributed by atoms with E-state index in [1.54, 1.807) is 24.4 Å². The van der Waals surface area contributed by atoms with Crippen LogP contribution < -0.4 is 5.73 Å². The van der Waals surface area contributed by atoms with Crippen LogP contribution in [0.3, 0.4) is 0 Å². The van der Waals surface area contributed by atoms with Gasteiger partial charge in [0.15, 0.2) is 0 Å². The number of aromatic nitrogens is 1. The second-order valence-electron chi connectivity index (χ2n) is 3.78. The fourth-order valence-electron chi connectivity index (χ4n) is 1.68. The molecule has 0 saturated heterocycles. The van der Waals surface area contributed by atoms with Gasteiger partial charge in [-0.25, -0.2) is 0 Å². The third-order valence-electron chi connectivity index (χ3n) is 2.55. The summed E-state index contributed by atoms with van der Waals surface area (Å²) in [5.74, 6) is -1.01. The summed E-state index contributed by atoms with van der Waals surface area (Å²) in [7, 11) is 0. The Bertz CT molecular complexity index is 571. The van der Waals surface area contributed by atoms with Gasteiger partial charge in [0.05, 0.1) is 5.52 Å². The first-order chi connectivity index (χ1) is 8.08. The Morgan fingerprint density at radius 3 is 2.94 bits per heavy atom. The minimum absolute atomic E-state index is 0.274. The first-order valence-corrected chi connectivity index (χ1v) is 5.47. The summed E-state index contributed by atoms with van der Waals surface area (Å²) in [6, 6.07) is 6.19. The fourth-order valence-corrected chi connectivity index (χ4v) is 1.85. The lowest BCUT2D eigenvalue weighted by atomic mass is 10.0. The molecule has 1 atom stereocenters. The second kappa shape index (κ2) is 4.69.